The van der Waals surface area contributed by atoms with Gasteiger partial charge in [-0.1, -0.05) is 12.1 Å². The van der Waals surface area contributed by atoms with Crippen molar-refractivity contribution in [3.05, 3.63) is 54.0 Å². The number of methoxy groups -OCH3 is 1. The van der Waals surface area contributed by atoms with Crippen LogP contribution in [-0.2, 0) is 11.2 Å². The van der Waals surface area contributed by atoms with Gasteiger partial charge in [0.25, 0.3) is 0 Å². The van der Waals surface area contributed by atoms with Crippen LogP contribution in [0, 0.1) is 0 Å². The predicted molar refractivity (Wildman–Crippen MR) is 81.2 cm³/mol. The Hall–Kier alpha value is -2.23. The molecule has 0 spiro atoms. The van der Waals surface area contributed by atoms with E-state index in [0.29, 0.717) is 12.8 Å². The number of nitrogens with zero attached hydrogens (tertiary/aromatic N) is 1. The Morgan fingerprint density at radius 1 is 1.33 bits per heavy atom. The molecule has 0 bridgehead atoms. The summed E-state index contributed by atoms with van der Waals surface area (Å²) < 4.78 is 10.5. The second-order valence-corrected chi connectivity index (χ2v) is 5.05. The highest BCUT2D eigenvalue weighted by atomic mass is 16.5. The third kappa shape index (κ3) is 3.88. The fourth-order valence-corrected chi connectivity index (χ4v) is 2.19. The maximum atomic E-state index is 12.3. The van der Waals surface area contributed by atoms with Gasteiger partial charge in [0.05, 0.1) is 19.4 Å². The zero-order valence-corrected chi connectivity index (χ0v) is 12.7. The van der Waals surface area contributed by atoms with Crippen molar-refractivity contribution in [2.75, 3.05) is 14.2 Å². The summed E-state index contributed by atoms with van der Waals surface area (Å²) in [5.41, 5.74) is 1.10. The fraction of sp³-hybridized carbons (Fsp3) is 0.353. The van der Waals surface area contributed by atoms with E-state index >= 15 is 0 Å². The second kappa shape index (κ2) is 6.97. The van der Waals surface area contributed by atoms with Gasteiger partial charge in [0, 0.05) is 13.5 Å². The summed E-state index contributed by atoms with van der Waals surface area (Å²) in [7, 11) is 3.45. The molecular weight excluding hydrogens is 266 g/mol. The molecule has 1 unspecified atom stereocenters. The lowest BCUT2D eigenvalue weighted by atomic mass is 10.1. The number of ether oxygens (including phenoxy) is 1. The highest BCUT2D eigenvalue weighted by molar-refractivity contribution is 5.76. The van der Waals surface area contributed by atoms with Crippen molar-refractivity contribution in [1.82, 2.24) is 4.90 Å². The molecule has 1 atom stereocenters. The average Bonchev–Trinajstić information content (AvgIpc) is 3.05. The van der Waals surface area contributed by atoms with E-state index in [2.05, 4.69) is 0 Å². The normalized spacial score (nSPS) is 12.0. The van der Waals surface area contributed by atoms with Crippen LogP contribution < -0.4 is 4.74 Å². The first-order chi connectivity index (χ1) is 10.1. The first-order valence-electron chi connectivity index (χ1n) is 7.04. The Balaban J connectivity index is 1.91. The van der Waals surface area contributed by atoms with Gasteiger partial charge in [0.2, 0.25) is 5.91 Å². The summed E-state index contributed by atoms with van der Waals surface area (Å²) in [5, 5.41) is 0. The number of hydrogen-bond donors (Lipinski definition) is 0. The Kier molecular flexibility index (Phi) is 5.04. The maximum absolute atomic E-state index is 12.3. The fourth-order valence-electron chi connectivity index (χ4n) is 2.19. The number of rotatable bonds is 6. The van der Waals surface area contributed by atoms with E-state index in [4.69, 9.17) is 9.15 Å². The molecule has 0 saturated carbocycles. The van der Waals surface area contributed by atoms with Crippen LogP contribution in [-0.4, -0.2) is 25.0 Å². The van der Waals surface area contributed by atoms with Crippen LogP contribution in [0.4, 0.5) is 0 Å². The third-order valence-electron chi connectivity index (χ3n) is 3.69. The first kappa shape index (κ1) is 15.2. The highest BCUT2D eigenvalue weighted by Crippen LogP contribution is 2.20. The Morgan fingerprint density at radius 3 is 2.81 bits per heavy atom. The zero-order chi connectivity index (χ0) is 15.2. The van der Waals surface area contributed by atoms with Crippen molar-refractivity contribution in [1.29, 1.82) is 0 Å². The summed E-state index contributed by atoms with van der Waals surface area (Å²) in [6.07, 6.45) is 2.79. The van der Waals surface area contributed by atoms with Crippen LogP contribution >= 0.6 is 0 Å². The van der Waals surface area contributed by atoms with Gasteiger partial charge in [-0.15, -0.1) is 0 Å². The summed E-state index contributed by atoms with van der Waals surface area (Å²) in [5.74, 6) is 1.71. The van der Waals surface area contributed by atoms with Gasteiger partial charge in [-0.3, -0.25) is 4.79 Å². The van der Waals surface area contributed by atoms with Gasteiger partial charge in [-0.2, -0.15) is 0 Å². The lowest BCUT2D eigenvalue weighted by molar-refractivity contribution is -0.132. The topological polar surface area (TPSA) is 42.7 Å². The van der Waals surface area contributed by atoms with Crippen molar-refractivity contribution < 1.29 is 13.9 Å². The monoisotopic (exact) mass is 287 g/mol. The Bertz CT molecular complexity index is 577. The molecular formula is C17H21NO3. The lowest BCUT2D eigenvalue weighted by Crippen LogP contribution is -2.29. The van der Waals surface area contributed by atoms with Gasteiger partial charge >= 0.3 is 0 Å². The number of amides is 1. The number of furan rings is 1. The largest absolute Gasteiger partial charge is 0.497 e. The molecule has 1 amide bonds. The van der Waals surface area contributed by atoms with Gasteiger partial charge in [-0.25, -0.2) is 0 Å². The van der Waals surface area contributed by atoms with Crippen LogP contribution in [0.3, 0.4) is 0 Å². The molecule has 2 aromatic rings. The summed E-state index contributed by atoms with van der Waals surface area (Å²) in [6, 6.07) is 11.5. The van der Waals surface area contributed by atoms with Gasteiger partial charge in [-0.05, 0) is 43.2 Å². The molecule has 4 heteroatoms. The molecule has 0 saturated heterocycles. The molecule has 4 nitrogen and oxygen atoms in total. The first-order valence-corrected chi connectivity index (χ1v) is 7.04. The van der Waals surface area contributed by atoms with Crippen molar-refractivity contribution in [2.45, 2.75) is 25.8 Å². The second-order valence-electron chi connectivity index (χ2n) is 5.05. The van der Waals surface area contributed by atoms with E-state index in [9.17, 15) is 4.79 Å². The molecule has 0 fully saturated rings. The van der Waals surface area contributed by atoms with Gasteiger partial charge < -0.3 is 14.1 Å². The average molecular weight is 287 g/mol. The van der Waals surface area contributed by atoms with Crippen LogP contribution in [0.25, 0.3) is 0 Å². The van der Waals surface area contributed by atoms with Crippen LogP contribution in [0.2, 0.25) is 0 Å². The number of aryl methyl sites for hydroxylation is 1. The van der Waals surface area contributed by atoms with E-state index in [1.807, 2.05) is 43.3 Å². The summed E-state index contributed by atoms with van der Waals surface area (Å²) in [6.45, 7) is 1.96. The minimum absolute atomic E-state index is 0.0576. The van der Waals surface area contributed by atoms with E-state index < -0.39 is 0 Å². The molecule has 112 valence electrons. The summed E-state index contributed by atoms with van der Waals surface area (Å²) >= 11 is 0. The number of carbonyl (C=O) groups is 1. The minimum atomic E-state index is -0.0576. The number of carbonyl (C=O) groups excluding carboxylic acids is 1. The number of hydrogen-bond acceptors (Lipinski definition) is 3. The van der Waals surface area contributed by atoms with E-state index in [1.165, 1.54) is 0 Å². The van der Waals surface area contributed by atoms with Crippen LogP contribution in [0.5, 0.6) is 5.75 Å². The lowest BCUT2D eigenvalue weighted by Gasteiger charge is -2.23. The van der Waals surface area contributed by atoms with Gasteiger partial charge in [0.15, 0.2) is 0 Å². The highest BCUT2D eigenvalue weighted by Gasteiger charge is 2.19. The van der Waals surface area contributed by atoms with Gasteiger partial charge in [0.1, 0.15) is 11.5 Å². The standard InChI is InChI=1S/C17H21NO3/c1-13(16-8-5-11-21-16)18(2)17(19)10-9-14-6-4-7-15(12-14)20-3/h4-8,11-13H,9-10H2,1-3H3. The Labute approximate surface area is 125 Å². The molecule has 1 heterocycles. The summed E-state index contributed by atoms with van der Waals surface area (Å²) in [4.78, 5) is 14.0. The smallest absolute Gasteiger partial charge is 0.223 e. The van der Waals surface area contributed by atoms with E-state index in [0.717, 1.165) is 17.1 Å². The SMILES string of the molecule is COc1cccc(CCC(=O)N(C)C(C)c2ccco2)c1. The minimum Gasteiger partial charge on any atom is -0.497 e. The molecule has 21 heavy (non-hydrogen) atoms. The molecule has 1 aromatic heterocycles. The number of benzene rings is 1. The molecule has 1 aromatic carbocycles. The van der Waals surface area contributed by atoms with Crippen molar-refractivity contribution in [3.8, 4) is 5.75 Å². The van der Waals surface area contributed by atoms with Crippen LogP contribution in [0.1, 0.15) is 30.7 Å². The molecule has 0 aliphatic rings. The molecule has 0 N–H and O–H groups in total. The van der Waals surface area contributed by atoms with Crippen molar-refractivity contribution in [2.24, 2.45) is 0 Å². The Morgan fingerprint density at radius 2 is 2.14 bits per heavy atom. The molecule has 0 aliphatic heterocycles. The molecule has 0 aliphatic carbocycles. The predicted octanol–water partition coefficient (Wildman–Crippen LogP) is 3.44. The zero-order valence-electron chi connectivity index (χ0n) is 12.7. The molecule has 2 rings (SSSR count). The van der Waals surface area contributed by atoms with Crippen molar-refractivity contribution in [3.63, 3.8) is 0 Å². The van der Waals surface area contributed by atoms with E-state index in [1.54, 1.807) is 25.3 Å². The maximum Gasteiger partial charge on any atom is 0.223 e. The van der Waals surface area contributed by atoms with E-state index in [-0.39, 0.29) is 11.9 Å². The quantitative estimate of drug-likeness (QED) is 0.817. The third-order valence-corrected chi connectivity index (χ3v) is 3.69. The van der Waals surface area contributed by atoms with Crippen LogP contribution in [0.15, 0.2) is 47.1 Å². The molecule has 0 radical (unpaired) electrons. The van der Waals surface area contributed by atoms with Crippen molar-refractivity contribution >= 4 is 5.91 Å².